The van der Waals surface area contributed by atoms with Crippen LogP contribution >= 0.6 is 11.8 Å². The van der Waals surface area contributed by atoms with Gasteiger partial charge in [-0.3, -0.25) is 4.79 Å². The van der Waals surface area contributed by atoms with Gasteiger partial charge in [-0.1, -0.05) is 39.5 Å². The van der Waals surface area contributed by atoms with E-state index in [1.165, 1.54) is 16.2 Å². The summed E-state index contributed by atoms with van der Waals surface area (Å²) in [6, 6.07) is 8.05. The third kappa shape index (κ3) is 6.79. The van der Waals surface area contributed by atoms with Crippen LogP contribution in [0.3, 0.4) is 0 Å². The largest absolute Gasteiger partial charge is 0.465 e. The molecule has 8 heteroatoms. The molecule has 4 rings (SSSR count). The molecule has 0 saturated carbocycles. The molecule has 1 unspecified atom stereocenters. The van der Waals surface area contributed by atoms with Crippen molar-refractivity contribution < 1.29 is 18.5 Å². The molecular formula is C27H40N2O4S2. The Kier molecular flexibility index (Phi) is 10.0. The van der Waals surface area contributed by atoms with Crippen LogP contribution in [0.5, 0.6) is 0 Å². The van der Waals surface area contributed by atoms with Gasteiger partial charge in [-0.2, -0.15) is 0 Å². The van der Waals surface area contributed by atoms with Crippen molar-refractivity contribution in [2.24, 2.45) is 5.41 Å². The molecule has 1 aliphatic heterocycles. The highest BCUT2D eigenvalue weighted by Gasteiger charge is 2.32. The fourth-order valence-corrected chi connectivity index (χ4v) is 6.84. The first-order valence-electron chi connectivity index (χ1n) is 12.7. The lowest BCUT2D eigenvalue weighted by Gasteiger charge is -2.30. The molecule has 1 fully saturated rings. The monoisotopic (exact) mass is 520 g/mol. The van der Waals surface area contributed by atoms with Crippen molar-refractivity contribution >= 4 is 28.7 Å². The highest BCUT2D eigenvalue weighted by molar-refractivity contribution is 7.99. The van der Waals surface area contributed by atoms with E-state index < -0.39 is 11.0 Å². The molecule has 0 bridgehead atoms. The molecular weight excluding hydrogens is 480 g/mol. The van der Waals surface area contributed by atoms with E-state index in [0.29, 0.717) is 32.9 Å². The van der Waals surface area contributed by atoms with Gasteiger partial charge in [0.2, 0.25) is 0 Å². The number of aromatic nitrogens is 1. The lowest BCUT2D eigenvalue weighted by molar-refractivity contribution is -0.143. The predicted molar refractivity (Wildman–Crippen MR) is 142 cm³/mol. The Labute approximate surface area is 217 Å². The van der Waals surface area contributed by atoms with Gasteiger partial charge in [0, 0.05) is 34.3 Å². The minimum Gasteiger partial charge on any atom is -0.465 e. The number of esters is 1. The van der Waals surface area contributed by atoms with E-state index in [2.05, 4.69) is 37.5 Å². The van der Waals surface area contributed by atoms with E-state index in [-0.39, 0.29) is 17.9 Å². The zero-order valence-electron chi connectivity index (χ0n) is 22.0. The normalized spacial score (nSPS) is 18.2. The summed E-state index contributed by atoms with van der Waals surface area (Å²) in [6.45, 7) is 15.9. The van der Waals surface area contributed by atoms with Crippen LogP contribution in [0.15, 0.2) is 39.0 Å². The van der Waals surface area contributed by atoms with Crippen LogP contribution < -0.4 is 0 Å². The zero-order chi connectivity index (χ0) is 25.6. The Bertz CT molecular complexity index is 1020. The highest BCUT2D eigenvalue weighted by Crippen LogP contribution is 2.44. The molecule has 35 heavy (non-hydrogen) atoms. The van der Waals surface area contributed by atoms with E-state index in [1.807, 2.05) is 37.2 Å². The number of benzene rings is 1. The quantitative estimate of drug-likeness (QED) is 0.457. The second-order valence-corrected chi connectivity index (χ2v) is 12.0. The fourth-order valence-electron chi connectivity index (χ4n) is 4.62. The average molecular weight is 521 g/mol. The van der Waals surface area contributed by atoms with E-state index >= 15 is 0 Å². The molecule has 6 nitrogen and oxygen atoms in total. The summed E-state index contributed by atoms with van der Waals surface area (Å²) in [7, 11) is -1.16. The van der Waals surface area contributed by atoms with Crippen LogP contribution in [0.25, 0.3) is 0 Å². The zero-order valence-corrected chi connectivity index (χ0v) is 23.7. The molecule has 1 aromatic heterocycles. The Hall–Kier alpha value is -1.61. The number of rotatable bonds is 7. The second-order valence-electron chi connectivity index (χ2n) is 9.44. The van der Waals surface area contributed by atoms with Crippen molar-refractivity contribution in [1.29, 1.82) is 0 Å². The summed E-state index contributed by atoms with van der Waals surface area (Å²) in [6.07, 6.45) is 3.08. The molecule has 1 atom stereocenters. The standard InChI is InChI=1S/C25H34N2O4S2.C2H6/c1-5-31-23(28)17-27-18(2)24(21-16-25(3,4)11-10-22(21)27)32-19-6-8-20(9-7-19)33(29)26-12-14-30-15-13-26;1-2/h6-9H,5,10-17H2,1-4H3;1-2H3. The maximum atomic E-state index is 12.9. The van der Waals surface area contributed by atoms with Crippen molar-refractivity contribution in [3.63, 3.8) is 0 Å². The number of nitrogens with zero attached hydrogens (tertiary/aromatic N) is 2. The van der Waals surface area contributed by atoms with Gasteiger partial charge >= 0.3 is 5.97 Å². The summed E-state index contributed by atoms with van der Waals surface area (Å²) in [5.41, 5.74) is 3.99. The number of ether oxygens (including phenoxy) is 2. The van der Waals surface area contributed by atoms with Crippen molar-refractivity contribution in [3.8, 4) is 0 Å². The van der Waals surface area contributed by atoms with E-state index in [9.17, 15) is 9.00 Å². The van der Waals surface area contributed by atoms with Gasteiger partial charge in [0.25, 0.3) is 0 Å². The van der Waals surface area contributed by atoms with E-state index in [4.69, 9.17) is 9.47 Å². The lowest BCUT2D eigenvalue weighted by Crippen LogP contribution is -2.37. The summed E-state index contributed by atoms with van der Waals surface area (Å²) in [4.78, 5) is 15.5. The van der Waals surface area contributed by atoms with Gasteiger partial charge in [-0.25, -0.2) is 8.51 Å². The van der Waals surface area contributed by atoms with Gasteiger partial charge < -0.3 is 14.0 Å². The van der Waals surface area contributed by atoms with Crippen molar-refractivity contribution in [1.82, 2.24) is 8.87 Å². The molecule has 0 N–H and O–H groups in total. The van der Waals surface area contributed by atoms with Crippen LogP contribution in [-0.2, 0) is 44.6 Å². The molecule has 1 aromatic carbocycles. The average Bonchev–Trinajstić information content (AvgIpc) is 3.10. The first-order chi connectivity index (χ1) is 16.8. The van der Waals surface area contributed by atoms with Crippen molar-refractivity contribution in [2.75, 3.05) is 32.9 Å². The summed E-state index contributed by atoms with van der Waals surface area (Å²) < 4.78 is 27.6. The minimum absolute atomic E-state index is 0.185. The Balaban J connectivity index is 0.00000167. The summed E-state index contributed by atoms with van der Waals surface area (Å²) in [5.74, 6) is -0.185. The van der Waals surface area contributed by atoms with E-state index in [1.54, 1.807) is 11.8 Å². The third-order valence-electron chi connectivity index (χ3n) is 6.42. The Morgan fingerprint density at radius 1 is 1.17 bits per heavy atom. The third-order valence-corrected chi connectivity index (χ3v) is 9.18. The Morgan fingerprint density at radius 3 is 2.46 bits per heavy atom. The van der Waals surface area contributed by atoms with Gasteiger partial charge in [0.1, 0.15) is 17.5 Å². The first-order valence-corrected chi connectivity index (χ1v) is 14.6. The Morgan fingerprint density at radius 2 is 1.83 bits per heavy atom. The number of hydrogen-bond donors (Lipinski definition) is 0. The van der Waals surface area contributed by atoms with Gasteiger partial charge in [0.15, 0.2) is 0 Å². The molecule has 0 amide bonds. The van der Waals surface area contributed by atoms with Crippen LogP contribution in [0.4, 0.5) is 0 Å². The molecule has 2 heterocycles. The molecule has 194 valence electrons. The number of fused-ring (bicyclic) bond motifs is 1. The predicted octanol–water partition coefficient (Wildman–Crippen LogP) is 5.41. The van der Waals surface area contributed by atoms with Crippen molar-refractivity contribution in [2.45, 2.75) is 82.0 Å². The fraction of sp³-hybridized carbons (Fsp3) is 0.593. The molecule has 1 saturated heterocycles. The molecule has 1 aliphatic carbocycles. The molecule has 2 aliphatic rings. The number of hydrogen-bond acceptors (Lipinski definition) is 5. The topological polar surface area (TPSA) is 60.8 Å². The summed E-state index contributed by atoms with van der Waals surface area (Å²) in [5, 5.41) is 0. The second kappa shape index (κ2) is 12.6. The van der Waals surface area contributed by atoms with Gasteiger partial charge in [-0.05, 0) is 68.4 Å². The molecule has 0 spiro atoms. The number of carbonyl (C=O) groups is 1. The van der Waals surface area contributed by atoms with Crippen LogP contribution in [0.2, 0.25) is 0 Å². The van der Waals surface area contributed by atoms with Gasteiger partial charge in [-0.15, -0.1) is 0 Å². The highest BCUT2D eigenvalue weighted by atomic mass is 32.2. The summed E-state index contributed by atoms with van der Waals surface area (Å²) >= 11 is 1.74. The molecule has 0 radical (unpaired) electrons. The lowest BCUT2D eigenvalue weighted by atomic mass is 9.76. The van der Waals surface area contributed by atoms with Crippen LogP contribution in [-0.4, -0.2) is 52.0 Å². The number of morpholine rings is 1. The van der Waals surface area contributed by atoms with Crippen LogP contribution in [0.1, 0.15) is 58.0 Å². The van der Waals surface area contributed by atoms with Gasteiger partial charge in [0.05, 0.1) is 24.7 Å². The molecule has 2 aromatic rings. The SMILES string of the molecule is CC.CCOC(=O)Cn1c(C)c(Sc2ccc(S(=O)N3CCOCC3)cc2)c2c1CCC(C)(C)C2. The maximum Gasteiger partial charge on any atom is 0.325 e. The number of carbonyl (C=O) groups excluding carboxylic acids is 1. The first kappa shape index (κ1) is 28.0. The van der Waals surface area contributed by atoms with Crippen LogP contribution in [0, 0.1) is 12.3 Å². The van der Waals surface area contributed by atoms with Crippen molar-refractivity contribution in [3.05, 3.63) is 41.2 Å². The minimum atomic E-state index is -1.16. The maximum absolute atomic E-state index is 12.9. The van der Waals surface area contributed by atoms with E-state index in [0.717, 1.165) is 34.7 Å². The smallest absolute Gasteiger partial charge is 0.325 e.